The van der Waals surface area contributed by atoms with Crippen molar-refractivity contribution in [3.05, 3.63) is 12.2 Å². The molecule has 0 saturated carbocycles. The monoisotopic (exact) mass is 338 g/mol. The SMILES string of the molecule is CC(C)CCCCCCCCCOC(=O)C1CC=CCC1C(=O)O. The molecular formula is C20H34O4. The Morgan fingerprint density at radius 2 is 1.50 bits per heavy atom. The lowest BCUT2D eigenvalue weighted by Gasteiger charge is -2.23. The van der Waals surface area contributed by atoms with Crippen molar-refractivity contribution in [1.82, 2.24) is 0 Å². The van der Waals surface area contributed by atoms with Crippen LogP contribution in [0.3, 0.4) is 0 Å². The first-order chi connectivity index (χ1) is 11.5. The summed E-state index contributed by atoms with van der Waals surface area (Å²) in [7, 11) is 0. The second-order valence-electron chi connectivity index (χ2n) is 7.32. The fourth-order valence-corrected chi connectivity index (χ4v) is 3.17. The number of ether oxygens (including phenoxy) is 1. The molecule has 0 fully saturated rings. The average Bonchev–Trinajstić information content (AvgIpc) is 2.56. The van der Waals surface area contributed by atoms with Crippen molar-refractivity contribution in [3.8, 4) is 0 Å². The van der Waals surface area contributed by atoms with Crippen molar-refractivity contribution in [2.75, 3.05) is 6.61 Å². The lowest BCUT2D eigenvalue weighted by molar-refractivity contribution is -0.158. The Kier molecular flexibility index (Phi) is 10.4. The number of hydrogen-bond donors (Lipinski definition) is 1. The van der Waals surface area contributed by atoms with Gasteiger partial charge in [0, 0.05) is 0 Å². The van der Waals surface area contributed by atoms with Crippen LogP contribution in [0.15, 0.2) is 12.2 Å². The van der Waals surface area contributed by atoms with Crippen LogP contribution in [-0.4, -0.2) is 23.7 Å². The second-order valence-corrected chi connectivity index (χ2v) is 7.32. The van der Waals surface area contributed by atoms with Gasteiger partial charge in [-0.25, -0.2) is 0 Å². The molecule has 4 heteroatoms. The summed E-state index contributed by atoms with van der Waals surface area (Å²) in [6.07, 6.45) is 14.3. The van der Waals surface area contributed by atoms with Gasteiger partial charge in [-0.2, -0.15) is 0 Å². The van der Waals surface area contributed by atoms with Crippen LogP contribution >= 0.6 is 0 Å². The Balaban J connectivity index is 2.03. The maximum atomic E-state index is 12.1. The number of esters is 1. The van der Waals surface area contributed by atoms with Crippen molar-refractivity contribution in [2.45, 2.75) is 78.1 Å². The van der Waals surface area contributed by atoms with Crippen molar-refractivity contribution in [3.63, 3.8) is 0 Å². The molecule has 0 radical (unpaired) electrons. The zero-order valence-electron chi connectivity index (χ0n) is 15.3. The highest BCUT2D eigenvalue weighted by Gasteiger charge is 2.34. The molecule has 4 nitrogen and oxygen atoms in total. The van der Waals surface area contributed by atoms with Gasteiger partial charge in [0.2, 0.25) is 0 Å². The molecule has 0 bridgehead atoms. The largest absolute Gasteiger partial charge is 0.481 e. The molecule has 1 aliphatic carbocycles. The van der Waals surface area contributed by atoms with Crippen molar-refractivity contribution in [2.24, 2.45) is 17.8 Å². The third-order valence-corrected chi connectivity index (χ3v) is 4.72. The van der Waals surface area contributed by atoms with Gasteiger partial charge in [-0.3, -0.25) is 9.59 Å². The van der Waals surface area contributed by atoms with E-state index in [1.165, 1.54) is 38.5 Å². The minimum absolute atomic E-state index is 0.347. The molecule has 0 amide bonds. The molecule has 1 N–H and O–H groups in total. The smallest absolute Gasteiger partial charge is 0.310 e. The number of carboxylic acids is 1. The zero-order valence-corrected chi connectivity index (χ0v) is 15.3. The number of carbonyl (C=O) groups excluding carboxylic acids is 1. The van der Waals surface area contributed by atoms with Crippen LogP contribution in [0.5, 0.6) is 0 Å². The molecule has 0 aliphatic heterocycles. The highest BCUT2D eigenvalue weighted by Crippen LogP contribution is 2.27. The molecule has 0 heterocycles. The van der Waals surface area contributed by atoms with Crippen molar-refractivity contribution in [1.29, 1.82) is 0 Å². The summed E-state index contributed by atoms with van der Waals surface area (Å²) >= 11 is 0. The summed E-state index contributed by atoms with van der Waals surface area (Å²) in [6, 6.07) is 0. The van der Waals surface area contributed by atoms with E-state index in [9.17, 15) is 14.7 Å². The fraction of sp³-hybridized carbons (Fsp3) is 0.800. The lowest BCUT2D eigenvalue weighted by atomic mass is 9.83. The minimum atomic E-state index is -0.904. The maximum Gasteiger partial charge on any atom is 0.310 e. The van der Waals surface area contributed by atoms with E-state index in [-0.39, 0.29) is 5.97 Å². The van der Waals surface area contributed by atoms with E-state index >= 15 is 0 Å². The Hall–Kier alpha value is -1.32. The number of unbranched alkanes of at least 4 members (excludes halogenated alkanes) is 6. The molecule has 24 heavy (non-hydrogen) atoms. The molecule has 2 atom stereocenters. The first kappa shape index (κ1) is 20.7. The quantitative estimate of drug-likeness (QED) is 0.310. The summed E-state index contributed by atoms with van der Waals surface area (Å²) in [5.41, 5.74) is 0. The van der Waals surface area contributed by atoms with Crippen LogP contribution < -0.4 is 0 Å². The van der Waals surface area contributed by atoms with Gasteiger partial charge in [-0.05, 0) is 25.2 Å². The molecule has 0 aromatic heterocycles. The molecule has 0 aromatic carbocycles. The minimum Gasteiger partial charge on any atom is -0.481 e. The van der Waals surface area contributed by atoms with Gasteiger partial charge >= 0.3 is 11.9 Å². The second kappa shape index (κ2) is 12.1. The average molecular weight is 338 g/mol. The highest BCUT2D eigenvalue weighted by atomic mass is 16.5. The van der Waals surface area contributed by atoms with Gasteiger partial charge in [0.25, 0.3) is 0 Å². The molecule has 1 rings (SSSR count). The van der Waals surface area contributed by atoms with Crippen LogP contribution in [0.1, 0.15) is 78.1 Å². The summed E-state index contributed by atoms with van der Waals surface area (Å²) in [6.45, 7) is 4.95. The Bertz CT molecular complexity index is 400. The van der Waals surface area contributed by atoms with E-state index in [2.05, 4.69) is 13.8 Å². The van der Waals surface area contributed by atoms with Gasteiger partial charge < -0.3 is 9.84 Å². The van der Waals surface area contributed by atoms with E-state index in [0.717, 1.165) is 18.8 Å². The Morgan fingerprint density at radius 3 is 2.08 bits per heavy atom. The van der Waals surface area contributed by atoms with Crippen molar-refractivity contribution < 1.29 is 19.4 Å². The summed E-state index contributed by atoms with van der Waals surface area (Å²) in [4.78, 5) is 23.2. The number of allylic oxidation sites excluding steroid dienone is 2. The first-order valence-electron chi connectivity index (χ1n) is 9.56. The van der Waals surface area contributed by atoms with Crippen molar-refractivity contribution >= 4 is 11.9 Å². The number of hydrogen-bond acceptors (Lipinski definition) is 3. The van der Waals surface area contributed by atoms with Crippen LogP contribution in [0.25, 0.3) is 0 Å². The molecule has 0 saturated heterocycles. The predicted molar refractivity (Wildman–Crippen MR) is 95.7 cm³/mol. The molecule has 2 unspecified atom stereocenters. The maximum absolute atomic E-state index is 12.1. The van der Waals surface area contributed by atoms with Gasteiger partial charge in [-0.1, -0.05) is 70.9 Å². The number of carbonyl (C=O) groups is 2. The van der Waals surface area contributed by atoms with Gasteiger partial charge in [0.1, 0.15) is 0 Å². The summed E-state index contributed by atoms with van der Waals surface area (Å²) in [5, 5.41) is 9.18. The number of rotatable bonds is 12. The Morgan fingerprint density at radius 1 is 0.958 bits per heavy atom. The van der Waals surface area contributed by atoms with Gasteiger partial charge in [0.05, 0.1) is 18.4 Å². The van der Waals surface area contributed by atoms with Gasteiger partial charge in [-0.15, -0.1) is 0 Å². The standard InChI is InChI=1S/C20H34O4/c1-16(2)12-8-6-4-3-5-7-11-15-24-20(23)18-14-10-9-13-17(18)19(21)22/h9-10,16-18H,3-8,11-15H2,1-2H3,(H,21,22). The highest BCUT2D eigenvalue weighted by molar-refractivity contribution is 5.81. The molecule has 1 aliphatic rings. The van der Waals surface area contributed by atoms with Gasteiger partial charge in [0.15, 0.2) is 0 Å². The fourth-order valence-electron chi connectivity index (χ4n) is 3.17. The van der Waals surface area contributed by atoms with Crippen LogP contribution in [-0.2, 0) is 14.3 Å². The third kappa shape index (κ3) is 8.51. The summed E-state index contributed by atoms with van der Waals surface area (Å²) in [5.74, 6) is -1.60. The summed E-state index contributed by atoms with van der Waals surface area (Å²) < 4.78 is 5.30. The van der Waals surface area contributed by atoms with E-state index in [4.69, 9.17) is 4.74 Å². The van der Waals surface area contributed by atoms with E-state index in [1.54, 1.807) is 0 Å². The normalized spacial score (nSPS) is 20.3. The molecular weight excluding hydrogens is 304 g/mol. The number of aliphatic carboxylic acids is 1. The zero-order chi connectivity index (χ0) is 17.8. The van der Waals surface area contributed by atoms with E-state index in [0.29, 0.717) is 19.4 Å². The lowest BCUT2D eigenvalue weighted by Crippen LogP contribution is -2.32. The van der Waals surface area contributed by atoms with E-state index in [1.807, 2.05) is 12.2 Å². The van der Waals surface area contributed by atoms with Crippen LogP contribution in [0, 0.1) is 17.8 Å². The molecule has 0 aromatic rings. The third-order valence-electron chi connectivity index (χ3n) is 4.72. The number of carboxylic acid groups (broad SMARTS) is 1. The Labute approximate surface area is 146 Å². The first-order valence-corrected chi connectivity index (χ1v) is 9.56. The van der Waals surface area contributed by atoms with Crippen LogP contribution in [0.4, 0.5) is 0 Å². The molecule has 138 valence electrons. The topological polar surface area (TPSA) is 63.6 Å². The predicted octanol–water partition coefficient (Wildman–Crippen LogP) is 4.97. The molecule has 0 spiro atoms. The van der Waals surface area contributed by atoms with E-state index < -0.39 is 17.8 Å². The van der Waals surface area contributed by atoms with Crippen LogP contribution in [0.2, 0.25) is 0 Å².